The molecule has 0 radical (unpaired) electrons. The molecule has 1 heterocycles. The van der Waals surface area contributed by atoms with Crippen LogP contribution in [0.1, 0.15) is 49.0 Å². The minimum Gasteiger partial charge on any atom is -0.385 e. The Balaban J connectivity index is 2.23. The van der Waals surface area contributed by atoms with Gasteiger partial charge in [0, 0.05) is 24.2 Å². The first-order valence-electron chi connectivity index (χ1n) is 6.61. The zero-order valence-electron chi connectivity index (χ0n) is 10.8. The summed E-state index contributed by atoms with van der Waals surface area (Å²) >= 11 is 0. The fourth-order valence-electron chi connectivity index (χ4n) is 2.34. The van der Waals surface area contributed by atoms with Crippen molar-refractivity contribution in [1.29, 1.82) is 0 Å². The molecule has 0 bridgehead atoms. The molecular formula is C15H21NO. The van der Waals surface area contributed by atoms with E-state index in [2.05, 4.69) is 25.2 Å². The lowest BCUT2D eigenvalue weighted by Gasteiger charge is -2.20. The largest absolute Gasteiger partial charge is 0.385 e. The predicted molar refractivity (Wildman–Crippen MR) is 71.7 cm³/mol. The number of carbonyl (C=O) groups excluding carboxylic acids is 1. The summed E-state index contributed by atoms with van der Waals surface area (Å²) in [6.45, 7) is 5.31. The smallest absolute Gasteiger partial charge is 0.163 e. The molecule has 2 rings (SSSR count). The van der Waals surface area contributed by atoms with E-state index in [1.54, 1.807) is 0 Å². The Hall–Kier alpha value is -1.31. The molecule has 1 aromatic carbocycles. The first-order valence-corrected chi connectivity index (χ1v) is 6.61. The van der Waals surface area contributed by atoms with Crippen LogP contribution in [0, 0.1) is 5.92 Å². The average Bonchev–Trinajstić information content (AvgIpc) is 2.37. The van der Waals surface area contributed by atoms with Crippen LogP contribution in [0.2, 0.25) is 0 Å². The quantitative estimate of drug-likeness (QED) is 0.801. The zero-order chi connectivity index (χ0) is 12.3. The third-order valence-corrected chi connectivity index (χ3v) is 3.63. The first-order chi connectivity index (χ1) is 8.22. The van der Waals surface area contributed by atoms with Crippen LogP contribution in [0.3, 0.4) is 0 Å². The molecule has 1 unspecified atom stereocenters. The maximum absolute atomic E-state index is 12.3. The van der Waals surface area contributed by atoms with Crippen LogP contribution < -0.4 is 5.32 Å². The van der Waals surface area contributed by atoms with Gasteiger partial charge in [-0.1, -0.05) is 32.4 Å². The first kappa shape index (κ1) is 12.2. The van der Waals surface area contributed by atoms with E-state index in [1.165, 1.54) is 5.56 Å². The zero-order valence-corrected chi connectivity index (χ0v) is 10.8. The van der Waals surface area contributed by atoms with Crippen molar-refractivity contribution in [2.45, 2.75) is 39.5 Å². The van der Waals surface area contributed by atoms with Gasteiger partial charge in [0.25, 0.3) is 0 Å². The Bertz CT molecular complexity index is 411. The van der Waals surface area contributed by atoms with E-state index in [1.807, 2.05) is 12.1 Å². The molecule has 0 fully saturated rings. The second kappa shape index (κ2) is 5.35. The van der Waals surface area contributed by atoms with Crippen LogP contribution in [0.4, 0.5) is 5.69 Å². The highest BCUT2D eigenvalue weighted by Gasteiger charge is 2.18. The summed E-state index contributed by atoms with van der Waals surface area (Å²) in [5.74, 6) is 0.787. The van der Waals surface area contributed by atoms with E-state index in [-0.39, 0.29) is 0 Å². The van der Waals surface area contributed by atoms with Gasteiger partial charge in [-0.25, -0.2) is 0 Å². The second-order valence-electron chi connectivity index (χ2n) is 5.00. The molecule has 0 amide bonds. The van der Waals surface area contributed by atoms with Crippen molar-refractivity contribution in [2.75, 3.05) is 11.9 Å². The summed E-state index contributed by atoms with van der Waals surface area (Å²) in [6.07, 6.45) is 3.90. The Labute approximate surface area is 103 Å². The van der Waals surface area contributed by atoms with E-state index in [9.17, 15) is 4.79 Å². The molecule has 0 saturated heterocycles. The highest BCUT2D eigenvalue weighted by molar-refractivity contribution is 5.99. The van der Waals surface area contributed by atoms with Crippen molar-refractivity contribution in [3.63, 3.8) is 0 Å². The summed E-state index contributed by atoms with van der Waals surface area (Å²) in [7, 11) is 0. The van der Waals surface area contributed by atoms with Gasteiger partial charge in [0.15, 0.2) is 5.78 Å². The molecule has 1 atom stereocenters. The molecule has 17 heavy (non-hydrogen) atoms. The van der Waals surface area contributed by atoms with Crippen molar-refractivity contribution in [2.24, 2.45) is 5.92 Å². The lowest BCUT2D eigenvalue weighted by molar-refractivity contribution is 0.0962. The predicted octanol–water partition coefficient (Wildman–Crippen LogP) is 3.66. The third-order valence-electron chi connectivity index (χ3n) is 3.63. The maximum atomic E-state index is 12.3. The minimum atomic E-state index is 0.305. The molecule has 92 valence electrons. The number of nitrogens with one attached hydrogen (secondary N) is 1. The van der Waals surface area contributed by atoms with Crippen molar-refractivity contribution < 1.29 is 4.79 Å². The molecule has 0 aromatic heterocycles. The number of anilines is 1. The molecule has 1 aliphatic rings. The Kier molecular flexibility index (Phi) is 3.82. The Morgan fingerprint density at radius 1 is 1.47 bits per heavy atom. The third kappa shape index (κ3) is 2.68. The highest BCUT2D eigenvalue weighted by atomic mass is 16.1. The summed E-state index contributed by atoms with van der Waals surface area (Å²) in [5.41, 5.74) is 3.33. The molecule has 1 aliphatic heterocycles. The Morgan fingerprint density at radius 3 is 3.06 bits per heavy atom. The topological polar surface area (TPSA) is 29.1 Å². The van der Waals surface area contributed by atoms with Gasteiger partial charge in [0.05, 0.1) is 0 Å². The number of hydrogen-bond acceptors (Lipinski definition) is 2. The van der Waals surface area contributed by atoms with E-state index in [4.69, 9.17) is 0 Å². The standard InChI is InChI=1S/C15H21NO/c1-3-11(2)10-15(17)13-6-4-8-14-12(13)7-5-9-16-14/h4,6,8,11,16H,3,5,7,9-10H2,1-2H3. The van der Waals surface area contributed by atoms with Crippen LogP contribution in [0.5, 0.6) is 0 Å². The fourth-order valence-corrected chi connectivity index (χ4v) is 2.34. The number of Topliss-reactive ketones (excluding diaryl/α,β-unsaturated/α-hetero) is 1. The van der Waals surface area contributed by atoms with Crippen molar-refractivity contribution in [3.05, 3.63) is 29.3 Å². The SMILES string of the molecule is CCC(C)CC(=O)c1cccc2c1CCCN2. The van der Waals surface area contributed by atoms with Crippen molar-refractivity contribution >= 4 is 11.5 Å². The molecule has 2 heteroatoms. The lowest BCUT2D eigenvalue weighted by Crippen LogP contribution is -2.16. The van der Waals surface area contributed by atoms with Crippen LogP contribution in [0.25, 0.3) is 0 Å². The van der Waals surface area contributed by atoms with E-state index < -0.39 is 0 Å². The summed E-state index contributed by atoms with van der Waals surface area (Å²) in [4.78, 5) is 12.3. The molecule has 1 N–H and O–H groups in total. The van der Waals surface area contributed by atoms with Gasteiger partial charge in [0.1, 0.15) is 0 Å². The molecule has 2 nitrogen and oxygen atoms in total. The van der Waals surface area contributed by atoms with Crippen LogP contribution in [-0.4, -0.2) is 12.3 Å². The average molecular weight is 231 g/mol. The van der Waals surface area contributed by atoms with Gasteiger partial charge in [-0.15, -0.1) is 0 Å². The number of rotatable bonds is 4. The lowest BCUT2D eigenvalue weighted by atomic mass is 9.91. The van der Waals surface area contributed by atoms with Crippen LogP contribution >= 0.6 is 0 Å². The molecule has 0 aliphatic carbocycles. The highest BCUT2D eigenvalue weighted by Crippen LogP contribution is 2.27. The van der Waals surface area contributed by atoms with Crippen LogP contribution in [0.15, 0.2) is 18.2 Å². The van der Waals surface area contributed by atoms with Gasteiger partial charge >= 0.3 is 0 Å². The van der Waals surface area contributed by atoms with Gasteiger partial charge in [-0.3, -0.25) is 4.79 Å². The number of fused-ring (bicyclic) bond motifs is 1. The van der Waals surface area contributed by atoms with Gasteiger partial charge in [-0.05, 0) is 30.4 Å². The molecular weight excluding hydrogens is 210 g/mol. The maximum Gasteiger partial charge on any atom is 0.163 e. The monoisotopic (exact) mass is 231 g/mol. The summed E-state index contributed by atoms with van der Waals surface area (Å²) < 4.78 is 0. The van der Waals surface area contributed by atoms with E-state index >= 15 is 0 Å². The van der Waals surface area contributed by atoms with E-state index in [0.717, 1.165) is 37.1 Å². The van der Waals surface area contributed by atoms with Gasteiger partial charge in [-0.2, -0.15) is 0 Å². The normalized spacial score (nSPS) is 15.9. The number of hydrogen-bond donors (Lipinski definition) is 1. The molecule has 1 aromatic rings. The minimum absolute atomic E-state index is 0.305. The molecule has 0 spiro atoms. The Morgan fingerprint density at radius 2 is 2.29 bits per heavy atom. The fraction of sp³-hybridized carbons (Fsp3) is 0.533. The number of benzene rings is 1. The summed E-state index contributed by atoms with van der Waals surface area (Å²) in [6, 6.07) is 6.05. The number of carbonyl (C=O) groups is 1. The molecule has 0 saturated carbocycles. The second-order valence-corrected chi connectivity index (χ2v) is 5.00. The van der Waals surface area contributed by atoms with Crippen LogP contribution in [-0.2, 0) is 6.42 Å². The van der Waals surface area contributed by atoms with Gasteiger partial charge < -0.3 is 5.32 Å². The van der Waals surface area contributed by atoms with Crippen molar-refractivity contribution in [1.82, 2.24) is 0 Å². The number of ketones is 1. The van der Waals surface area contributed by atoms with Gasteiger partial charge in [0.2, 0.25) is 0 Å². The van der Waals surface area contributed by atoms with Crippen molar-refractivity contribution in [3.8, 4) is 0 Å². The van der Waals surface area contributed by atoms with E-state index in [0.29, 0.717) is 18.1 Å². The summed E-state index contributed by atoms with van der Waals surface area (Å²) in [5, 5.41) is 3.37.